The Morgan fingerprint density at radius 3 is 1.63 bits per heavy atom. The molecule has 0 fully saturated rings. The fourth-order valence-electron chi connectivity index (χ4n) is 6.67. The van der Waals surface area contributed by atoms with Crippen molar-refractivity contribution in [2.75, 3.05) is 45.2 Å². The third-order valence-corrected chi connectivity index (χ3v) is 12.8. The standard InChI is InChI=1S/C43H55ClN8O10S2.C8H9NO.C3H8.CH5N/c1-63-64-26-36(51-37(56)18-11-27-5-12-30(44)13-6-27)43(62)52-35(21-29-9-16-33(55)17-10-29)42(61)48-24-40(59)50-34(4-2-3-19-45)41(60)47-22-38(57)46-23-39(58)49-31(25-53)20-28-7-14-32(54)15-8-28;1-6-2-4-7(5-3-6)8(9)10;1-3-2;1-2/h5-10,12-17,25,31,34-36,54-55H,2-4,11,18-24,26,45H2,1H3,(H,46,57)(H,47,60)(H,48,61)(H,49,58)(H,50,59)(H,51,56)(H,52,62);2-5H,1H3,(H2,9,10);3H2,1-2H3;2H2,1H3. The van der Waals surface area contributed by atoms with E-state index >= 15 is 0 Å². The number of hydrogen-bond acceptors (Lipinski definition) is 15. The molecule has 4 atom stereocenters. The second kappa shape index (κ2) is 40.9. The molecule has 0 aliphatic heterocycles. The van der Waals surface area contributed by atoms with Crippen LogP contribution < -0.4 is 54.4 Å². The molecule has 79 heavy (non-hydrogen) atoms. The number of unbranched alkanes of at least 4 members (excludes halogenated alkanes) is 1. The number of aromatic hydroxyl groups is 2. The zero-order chi connectivity index (χ0) is 59.1. The zero-order valence-corrected chi connectivity index (χ0v) is 47.7. The monoisotopic (exact) mass is 1150 g/mol. The molecule has 0 aliphatic rings. The number of hydrogen-bond donors (Lipinski definition) is 12. The van der Waals surface area contributed by atoms with Crippen LogP contribution in [0.15, 0.2) is 97.1 Å². The highest BCUT2D eigenvalue weighted by Crippen LogP contribution is 2.19. The van der Waals surface area contributed by atoms with Crippen molar-refractivity contribution in [3.8, 4) is 11.5 Å². The molecule has 4 aromatic rings. The van der Waals surface area contributed by atoms with Crippen LogP contribution in [0.3, 0.4) is 0 Å². The number of amides is 8. The van der Waals surface area contributed by atoms with Crippen LogP contribution in [0.5, 0.6) is 11.5 Å². The predicted octanol–water partition coefficient (Wildman–Crippen LogP) is 2.88. The van der Waals surface area contributed by atoms with Gasteiger partial charge in [-0.1, -0.05) is 108 Å². The topological polar surface area (TPSA) is 356 Å². The maximum atomic E-state index is 13.7. The molecule has 0 saturated heterocycles. The second-order valence-electron chi connectivity index (χ2n) is 17.4. The molecule has 0 radical (unpaired) electrons. The van der Waals surface area contributed by atoms with E-state index in [0.717, 1.165) is 11.1 Å². The second-order valence-corrected chi connectivity index (χ2v) is 20.4. The lowest BCUT2D eigenvalue weighted by molar-refractivity contribution is -0.133. The normalized spacial score (nSPS) is 11.7. The van der Waals surface area contributed by atoms with Crippen molar-refractivity contribution >= 4 is 86.7 Å². The molecular weight excluding hydrogens is 1080 g/mol. The fraction of sp³-hybridized carbons (Fsp3) is 0.400. The Kier molecular flexibility index (Phi) is 36.2. The van der Waals surface area contributed by atoms with E-state index in [-0.39, 0.29) is 54.7 Å². The van der Waals surface area contributed by atoms with Crippen molar-refractivity contribution in [1.82, 2.24) is 37.2 Å². The summed E-state index contributed by atoms with van der Waals surface area (Å²) in [5.41, 5.74) is 19.0. The molecule has 4 aromatic carbocycles. The summed E-state index contributed by atoms with van der Waals surface area (Å²) in [6.07, 6.45) is 5.32. The highest BCUT2D eigenvalue weighted by Gasteiger charge is 2.28. The minimum atomic E-state index is -1.23. The zero-order valence-electron chi connectivity index (χ0n) is 45.3. The molecule has 0 bridgehead atoms. The van der Waals surface area contributed by atoms with Crippen molar-refractivity contribution in [3.63, 3.8) is 0 Å². The van der Waals surface area contributed by atoms with Crippen molar-refractivity contribution < 1.29 is 53.4 Å². The van der Waals surface area contributed by atoms with Gasteiger partial charge in [0.05, 0.1) is 25.7 Å². The predicted molar refractivity (Wildman–Crippen MR) is 311 cm³/mol. The number of nitrogens with one attached hydrogen (secondary N) is 7. The molecule has 0 heterocycles. The summed E-state index contributed by atoms with van der Waals surface area (Å²) < 4.78 is 0. The maximum Gasteiger partial charge on any atom is 0.248 e. The lowest BCUT2D eigenvalue weighted by Gasteiger charge is -2.23. The van der Waals surface area contributed by atoms with E-state index in [4.69, 9.17) is 23.1 Å². The van der Waals surface area contributed by atoms with Gasteiger partial charge in [0.15, 0.2) is 0 Å². The van der Waals surface area contributed by atoms with Gasteiger partial charge in [-0.25, -0.2) is 0 Å². The van der Waals surface area contributed by atoms with Gasteiger partial charge in [0.2, 0.25) is 47.3 Å². The number of nitrogens with two attached hydrogens (primary N) is 3. The van der Waals surface area contributed by atoms with E-state index in [2.05, 4.69) is 56.8 Å². The smallest absolute Gasteiger partial charge is 0.248 e. The van der Waals surface area contributed by atoms with E-state index in [1.54, 1.807) is 60.7 Å². The number of aryl methyl sites for hydroxylation is 2. The summed E-state index contributed by atoms with van der Waals surface area (Å²) in [7, 11) is 4.23. The molecule has 21 nitrogen and oxygen atoms in total. The van der Waals surface area contributed by atoms with Crippen LogP contribution in [0.4, 0.5) is 0 Å². The SMILES string of the molecule is CCC.CN.CSSCC(NC(=O)CCc1ccc(Cl)cc1)C(=O)NC(Cc1ccc(O)cc1)C(=O)NCC(=O)NC(CCCCN)C(=O)NCC(=O)NCC(=O)NC(C=O)Cc1ccc(O)cc1.Cc1ccc(C(N)=O)cc1. The first-order chi connectivity index (χ1) is 37.8. The molecular formula is C55H77ClN10O11S2. The maximum absolute atomic E-state index is 13.7. The fourth-order valence-corrected chi connectivity index (χ4v) is 8.12. The highest BCUT2D eigenvalue weighted by atomic mass is 35.5. The molecule has 4 rings (SSSR count). The Bertz CT molecular complexity index is 2490. The first-order valence-corrected chi connectivity index (χ1v) is 28.5. The van der Waals surface area contributed by atoms with Crippen molar-refractivity contribution in [2.24, 2.45) is 17.2 Å². The first kappa shape index (κ1) is 69.8. The van der Waals surface area contributed by atoms with Gasteiger partial charge in [-0.05, 0) is 124 Å². The Balaban J connectivity index is 0.00000181. The Morgan fingerprint density at radius 2 is 1.10 bits per heavy atom. The number of aldehydes is 1. The third kappa shape index (κ3) is 31.1. The van der Waals surface area contributed by atoms with Gasteiger partial charge < -0.3 is 69.4 Å². The van der Waals surface area contributed by atoms with Crippen LogP contribution in [0.25, 0.3) is 0 Å². The Hall–Kier alpha value is -7.18. The lowest BCUT2D eigenvalue weighted by atomic mass is 10.0. The molecule has 0 aromatic heterocycles. The number of halogens is 1. The number of carbonyl (C=O) groups excluding carboxylic acids is 9. The third-order valence-electron chi connectivity index (χ3n) is 10.7. The number of carbonyl (C=O) groups is 9. The minimum absolute atomic E-state index is 0.0120. The lowest BCUT2D eigenvalue weighted by Crippen LogP contribution is -2.56. The van der Waals surface area contributed by atoms with Gasteiger partial charge in [-0.15, -0.1) is 0 Å². The van der Waals surface area contributed by atoms with Crippen molar-refractivity contribution in [1.29, 1.82) is 0 Å². The molecule has 0 saturated carbocycles. The molecule has 15 N–H and O–H groups in total. The quantitative estimate of drug-likeness (QED) is 0.0211. The van der Waals surface area contributed by atoms with Crippen LogP contribution in [0.1, 0.15) is 78.6 Å². The van der Waals surface area contributed by atoms with E-state index in [1.165, 1.54) is 59.3 Å². The van der Waals surface area contributed by atoms with E-state index in [0.29, 0.717) is 53.8 Å². The largest absolute Gasteiger partial charge is 0.508 e. The first-order valence-electron chi connectivity index (χ1n) is 25.4. The van der Waals surface area contributed by atoms with Crippen LogP contribution in [0.2, 0.25) is 5.02 Å². The molecule has 432 valence electrons. The summed E-state index contributed by atoms with van der Waals surface area (Å²) in [6, 6.07) is 22.0. The number of benzene rings is 4. The van der Waals surface area contributed by atoms with E-state index < -0.39 is 79.2 Å². The van der Waals surface area contributed by atoms with Crippen LogP contribution in [-0.4, -0.2) is 133 Å². The highest BCUT2D eigenvalue weighted by molar-refractivity contribution is 8.76. The molecule has 0 spiro atoms. The summed E-state index contributed by atoms with van der Waals surface area (Å²) in [5, 5.41) is 37.6. The number of rotatable bonds is 29. The van der Waals surface area contributed by atoms with E-state index in [1.807, 2.05) is 25.3 Å². The number of primary amides is 1. The number of phenolic OH excluding ortho intramolecular Hbond substituents is 2. The average molecular weight is 1150 g/mol. The average Bonchev–Trinajstić information content (AvgIpc) is 3.43. The van der Waals surface area contributed by atoms with Gasteiger partial charge in [0.1, 0.15) is 35.9 Å². The van der Waals surface area contributed by atoms with Gasteiger partial charge in [0, 0.05) is 29.2 Å². The van der Waals surface area contributed by atoms with Gasteiger partial charge in [-0.3, -0.25) is 38.4 Å². The molecule has 0 aliphatic carbocycles. The van der Waals surface area contributed by atoms with Crippen molar-refractivity contribution in [2.45, 2.75) is 96.3 Å². The Labute approximate surface area is 475 Å². The summed E-state index contributed by atoms with van der Waals surface area (Å²) in [4.78, 5) is 114. The summed E-state index contributed by atoms with van der Waals surface area (Å²) >= 11 is 5.96. The molecule has 24 heteroatoms. The molecule has 8 amide bonds. The Morgan fingerprint density at radius 1 is 0.608 bits per heavy atom. The van der Waals surface area contributed by atoms with Crippen LogP contribution >= 0.6 is 33.2 Å². The van der Waals surface area contributed by atoms with Crippen molar-refractivity contribution in [3.05, 3.63) is 130 Å². The summed E-state index contributed by atoms with van der Waals surface area (Å²) in [5.74, 6) is -4.76. The van der Waals surface area contributed by atoms with Gasteiger partial charge in [0.25, 0.3) is 0 Å². The molecule has 4 unspecified atom stereocenters. The van der Waals surface area contributed by atoms with Gasteiger partial charge >= 0.3 is 0 Å². The van der Waals surface area contributed by atoms with Gasteiger partial charge in [-0.2, -0.15) is 0 Å². The number of phenols is 2. The van der Waals surface area contributed by atoms with Crippen LogP contribution in [-0.2, 0) is 57.6 Å². The van der Waals surface area contributed by atoms with Crippen LogP contribution in [0, 0.1) is 6.92 Å². The van der Waals surface area contributed by atoms with E-state index in [9.17, 15) is 53.4 Å². The minimum Gasteiger partial charge on any atom is -0.508 e. The summed E-state index contributed by atoms with van der Waals surface area (Å²) in [6.45, 7) is 4.90.